The van der Waals surface area contributed by atoms with Gasteiger partial charge in [0.2, 0.25) is 15.9 Å². The van der Waals surface area contributed by atoms with Crippen molar-refractivity contribution in [3.05, 3.63) is 47.5 Å². The fourth-order valence-corrected chi connectivity index (χ4v) is 5.18. The smallest absolute Gasteiger partial charge is 0.243 e. The number of nitrogens with zero attached hydrogens (tertiary/aromatic N) is 3. The number of rotatable bonds is 6. The summed E-state index contributed by atoms with van der Waals surface area (Å²) in [4.78, 5) is 12.9. The lowest BCUT2D eigenvalue weighted by atomic mass is 9.98. The van der Waals surface area contributed by atoms with Crippen molar-refractivity contribution in [1.29, 1.82) is 0 Å². The second-order valence-electron chi connectivity index (χ2n) is 7.41. The van der Waals surface area contributed by atoms with Gasteiger partial charge in [0.05, 0.1) is 22.5 Å². The number of carbonyl (C=O) groups excluding carboxylic acids is 1. The van der Waals surface area contributed by atoms with Crippen LogP contribution in [0.5, 0.6) is 0 Å². The van der Waals surface area contributed by atoms with E-state index in [-0.39, 0.29) is 23.4 Å². The predicted molar refractivity (Wildman–Crippen MR) is 107 cm³/mol. The highest BCUT2D eigenvalue weighted by atomic mass is 32.2. The SMILES string of the molecule is CCn1cc(C(C)NC(=O)C2CCCN(S(=O)(=O)c3ccc(F)cc3)C2)c(C)n1. The zero-order chi connectivity index (χ0) is 21.2. The first-order valence-corrected chi connectivity index (χ1v) is 11.3. The van der Waals surface area contributed by atoms with E-state index in [0.717, 1.165) is 29.9 Å². The third-order valence-electron chi connectivity index (χ3n) is 5.34. The molecular formula is C20H27FN4O3S. The largest absolute Gasteiger partial charge is 0.349 e. The number of hydrogen-bond acceptors (Lipinski definition) is 4. The van der Waals surface area contributed by atoms with Gasteiger partial charge in [-0.05, 0) is 57.9 Å². The van der Waals surface area contributed by atoms with Crippen LogP contribution in [-0.2, 0) is 21.4 Å². The maximum absolute atomic E-state index is 13.1. The molecule has 1 aromatic heterocycles. The van der Waals surface area contributed by atoms with Gasteiger partial charge in [0.15, 0.2) is 0 Å². The Kier molecular flexibility index (Phi) is 6.38. The predicted octanol–water partition coefficient (Wildman–Crippen LogP) is 2.63. The number of sulfonamides is 1. The van der Waals surface area contributed by atoms with Gasteiger partial charge in [-0.25, -0.2) is 12.8 Å². The van der Waals surface area contributed by atoms with Crippen LogP contribution in [0, 0.1) is 18.7 Å². The van der Waals surface area contributed by atoms with Gasteiger partial charge in [0, 0.05) is 31.4 Å². The summed E-state index contributed by atoms with van der Waals surface area (Å²) in [7, 11) is -3.76. The van der Waals surface area contributed by atoms with Crippen molar-refractivity contribution >= 4 is 15.9 Å². The highest BCUT2D eigenvalue weighted by Gasteiger charge is 2.34. The summed E-state index contributed by atoms with van der Waals surface area (Å²) in [6.45, 7) is 7.02. The van der Waals surface area contributed by atoms with Crippen LogP contribution in [0.2, 0.25) is 0 Å². The van der Waals surface area contributed by atoms with Gasteiger partial charge in [-0.2, -0.15) is 9.40 Å². The van der Waals surface area contributed by atoms with Crippen molar-refractivity contribution in [3.8, 4) is 0 Å². The van der Waals surface area contributed by atoms with Crippen molar-refractivity contribution in [2.24, 2.45) is 5.92 Å². The van der Waals surface area contributed by atoms with E-state index in [4.69, 9.17) is 0 Å². The molecule has 7 nitrogen and oxygen atoms in total. The van der Waals surface area contributed by atoms with E-state index in [9.17, 15) is 17.6 Å². The molecule has 2 heterocycles. The second-order valence-corrected chi connectivity index (χ2v) is 9.35. The minimum atomic E-state index is -3.76. The van der Waals surface area contributed by atoms with Gasteiger partial charge in [0.25, 0.3) is 0 Å². The molecule has 2 aromatic rings. The molecule has 0 aliphatic carbocycles. The Morgan fingerprint density at radius 1 is 1.34 bits per heavy atom. The van der Waals surface area contributed by atoms with Gasteiger partial charge in [-0.1, -0.05) is 0 Å². The van der Waals surface area contributed by atoms with Crippen molar-refractivity contribution < 1.29 is 17.6 Å². The first-order valence-electron chi connectivity index (χ1n) is 9.82. The fraction of sp³-hybridized carbons (Fsp3) is 0.500. The molecule has 1 aliphatic heterocycles. The summed E-state index contributed by atoms with van der Waals surface area (Å²) < 4.78 is 42.0. The van der Waals surface area contributed by atoms with Crippen molar-refractivity contribution in [1.82, 2.24) is 19.4 Å². The topological polar surface area (TPSA) is 84.3 Å². The maximum Gasteiger partial charge on any atom is 0.243 e. The van der Waals surface area contributed by atoms with E-state index in [1.165, 1.54) is 16.4 Å². The Balaban J connectivity index is 1.69. The molecule has 9 heteroatoms. The van der Waals surface area contributed by atoms with E-state index >= 15 is 0 Å². The number of benzene rings is 1. The molecule has 1 aliphatic rings. The molecule has 2 atom stereocenters. The van der Waals surface area contributed by atoms with Crippen molar-refractivity contribution in [2.45, 2.75) is 51.1 Å². The Hall–Kier alpha value is -2.26. The lowest BCUT2D eigenvalue weighted by molar-refractivity contribution is -0.126. The minimum absolute atomic E-state index is 0.0379. The average molecular weight is 423 g/mol. The Morgan fingerprint density at radius 3 is 2.66 bits per heavy atom. The lowest BCUT2D eigenvalue weighted by Gasteiger charge is -2.31. The summed E-state index contributed by atoms with van der Waals surface area (Å²) in [5.41, 5.74) is 1.82. The van der Waals surface area contributed by atoms with Gasteiger partial charge >= 0.3 is 0 Å². The third-order valence-corrected chi connectivity index (χ3v) is 7.22. The molecular weight excluding hydrogens is 395 g/mol. The molecule has 3 rings (SSSR count). The first kappa shape index (κ1) is 21.4. The normalized spacial score (nSPS) is 19.1. The highest BCUT2D eigenvalue weighted by Crippen LogP contribution is 2.25. The third kappa shape index (κ3) is 4.67. The van der Waals surface area contributed by atoms with E-state index in [1.807, 2.05) is 31.6 Å². The van der Waals surface area contributed by atoms with E-state index < -0.39 is 21.8 Å². The number of aromatic nitrogens is 2. The first-order chi connectivity index (χ1) is 13.7. The highest BCUT2D eigenvalue weighted by molar-refractivity contribution is 7.89. The average Bonchev–Trinajstić information content (AvgIpc) is 3.09. The van der Waals surface area contributed by atoms with Crippen LogP contribution >= 0.6 is 0 Å². The van der Waals surface area contributed by atoms with Crippen LogP contribution in [0.4, 0.5) is 4.39 Å². The quantitative estimate of drug-likeness (QED) is 0.776. The van der Waals surface area contributed by atoms with E-state index in [2.05, 4.69) is 10.4 Å². The number of piperidine rings is 1. The summed E-state index contributed by atoms with van der Waals surface area (Å²) in [6.07, 6.45) is 3.15. The Morgan fingerprint density at radius 2 is 2.03 bits per heavy atom. The summed E-state index contributed by atoms with van der Waals surface area (Å²) in [6, 6.07) is 4.55. The second kappa shape index (κ2) is 8.62. The molecule has 0 spiro atoms. The number of nitrogens with one attached hydrogen (secondary N) is 1. The number of aryl methyl sites for hydroxylation is 2. The van der Waals surface area contributed by atoms with Crippen LogP contribution in [0.15, 0.2) is 35.4 Å². The molecule has 29 heavy (non-hydrogen) atoms. The Bertz CT molecular complexity index is 972. The van der Waals surface area contributed by atoms with Gasteiger partial charge < -0.3 is 5.32 Å². The molecule has 1 N–H and O–H groups in total. The Labute approximate surface area is 171 Å². The van der Waals surface area contributed by atoms with E-state index in [1.54, 1.807) is 0 Å². The summed E-state index contributed by atoms with van der Waals surface area (Å²) in [5.74, 6) is -1.08. The molecule has 158 valence electrons. The molecule has 0 saturated carbocycles. The molecule has 0 radical (unpaired) electrons. The lowest BCUT2D eigenvalue weighted by Crippen LogP contribution is -2.45. The monoisotopic (exact) mass is 422 g/mol. The molecule has 2 unspecified atom stereocenters. The molecule has 1 amide bonds. The van der Waals surface area contributed by atoms with Crippen LogP contribution in [0.1, 0.15) is 44.0 Å². The van der Waals surface area contributed by atoms with Crippen LogP contribution < -0.4 is 5.32 Å². The fourth-order valence-electron chi connectivity index (χ4n) is 3.66. The van der Waals surface area contributed by atoms with Gasteiger partial charge in [-0.15, -0.1) is 0 Å². The standard InChI is InChI=1S/C20H27FN4O3S/c1-4-24-13-19(15(3)23-24)14(2)22-20(26)16-6-5-11-25(12-16)29(27,28)18-9-7-17(21)8-10-18/h7-10,13-14,16H,4-6,11-12H2,1-3H3,(H,22,26). The van der Waals surface area contributed by atoms with Crippen molar-refractivity contribution in [3.63, 3.8) is 0 Å². The van der Waals surface area contributed by atoms with Crippen LogP contribution in [0.25, 0.3) is 0 Å². The van der Waals surface area contributed by atoms with Gasteiger partial charge in [-0.3, -0.25) is 9.48 Å². The number of halogens is 1. The van der Waals surface area contributed by atoms with Gasteiger partial charge in [0.1, 0.15) is 5.82 Å². The molecule has 0 bridgehead atoms. The van der Waals surface area contributed by atoms with Crippen molar-refractivity contribution in [2.75, 3.05) is 13.1 Å². The number of hydrogen-bond donors (Lipinski definition) is 1. The van der Waals surface area contributed by atoms with Crippen LogP contribution in [0.3, 0.4) is 0 Å². The molecule has 1 aromatic carbocycles. The van der Waals surface area contributed by atoms with E-state index in [0.29, 0.717) is 19.4 Å². The number of amides is 1. The maximum atomic E-state index is 13.1. The molecule has 1 fully saturated rings. The van der Waals surface area contributed by atoms with Crippen LogP contribution in [-0.4, -0.2) is 41.5 Å². The summed E-state index contributed by atoms with van der Waals surface area (Å²) >= 11 is 0. The summed E-state index contributed by atoms with van der Waals surface area (Å²) in [5, 5.41) is 7.41. The number of carbonyl (C=O) groups is 1. The molecule has 1 saturated heterocycles. The zero-order valence-electron chi connectivity index (χ0n) is 16.9. The zero-order valence-corrected chi connectivity index (χ0v) is 17.7. The minimum Gasteiger partial charge on any atom is -0.349 e.